The van der Waals surface area contributed by atoms with E-state index >= 15 is 0 Å². The van der Waals surface area contributed by atoms with Gasteiger partial charge in [-0.1, -0.05) is 6.92 Å². The molecular weight excluding hydrogens is 370 g/mol. The second kappa shape index (κ2) is 8.35. The van der Waals surface area contributed by atoms with Crippen molar-refractivity contribution in [2.75, 3.05) is 37.7 Å². The summed E-state index contributed by atoms with van der Waals surface area (Å²) in [5, 5.41) is 6.44. The van der Waals surface area contributed by atoms with Crippen molar-refractivity contribution in [3.05, 3.63) is 18.2 Å². The lowest BCUT2D eigenvalue weighted by Crippen LogP contribution is -2.51. The number of anilines is 1. The molecule has 0 aromatic heterocycles. The van der Waals surface area contributed by atoms with Gasteiger partial charge in [-0.25, -0.2) is 0 Å². The van der Waals surface area contributed by atoms with Gasteiger partial charge in [0.05, 0.1) is 5.92 Å². The van der Waals surface area contributed by atoms with Crippen LogP contribution in [0.1, 0.15) is 19.8 Å². The highest BCUT2D eigenvalue weighted by Crippen LogP contribution is 2.36. The van der Waals surface area contributed by atoms with E-state index in [2.05, 4.69) is 17.6 Å². The first-order valence-corrected chi connectivity index (χ1v) is 9.33. The summed E-state index contributed by atoms with van der Waals surface area (Å²) in [5.41, 5.74) is 0.752. The van der Waals surface area contributed by atoms with Gasteiger partial charge in [0, 0.05) is 37.3 Å². The van der Waals surface area contributed by atoms with E-state index in [4.69, 9.17) is 9.47 Å². The van der Waals surface area contributed by atoms with Crippen molar-refractivity contribution in [1.82, 2.24) is 10.6 Å². The van der Waals surface area contributed by atoms with Crippen LogP contribution in [0.2, 0.25) is 0 Å². The minimum atomic E-state index is -0.315. The lowest BCUT2D eigenvalue weighted by atomic mass is 9.94. The van der Waals surface area contributed by atoms with Gasteiger partial charge in [-0.3, -0.25) is 9.59 Å². The molecular formula is C19H26ClN3O4. The van der Waals surface area contributed by atoms with Gasteiger partial charge in [0.1, 0.15) is 13.2 Å². The Bertz CT molecular complexity index is 714. The molecule has 4 rings (SSSR count). The number of amides is 2. The fourth-order valence-electron chi connectivity index (χ4n) is 3.82. The Morgan fingerprint density at radius 2 is 2.04 bits per heavy atom. The van der Waals surface area contributed by atoms with E-state index in [-0.39, 0.29) is 42.6 Å². The van der Waals surface area contributed by atoms with Crippen LogP contribution in [-0.4, -0.2) is 50.7 Å². The summed E-state index contributed by atoms with van der Waals surface area (Å²) >= 11 is 0. The third-order valence-corrected chi connectivity index (χ3v) is 5.49. The lowest BCUT2D eigenvalue weighted by Gasteiger charge is -2.31. The molecule has 2 amide bonds. The number of hydrogen-bond donors (Lipinski definition) is 2. The molecule has 0 aliphatic carbocycles. The molecule has 0 spiro atoms. The molecule has 1 aromatic rings. The normalized spacial score (nSPS) is 27.1. The summed E-state index contributed by atoms with van der Waals surface area (Å²) in [6, 6.07) is 5.62. The molecule has 2 saturated heterocycles. The van der Waals surface area contributed by atoms with Crippen molar-refractivity contribution in [2.45, 2.75) is 25.8 Å². The van der Waals surface area contributed by atoms with Crippen LogP contribution in [0.5, 0.6) is 11.5 Å². The van der Waals surface area contributed by atoms with Crippen LogP contribution < -0.4 is 25.0 Å². The molecule has 3 aliphatic rings. The second-order valence-electron chi connectivity index (χ2n) is 7.32. The largest absolute Gasteiger partial charge is 0.486 e. The number of nitrogens with one attached hydrogen (secondary N) is 2. The Morgan fingerprint density at radius 1 is 1.26 bits per heavy atom. The molecule has 8 heteroatoms. The predicted molar refractivity (Wildman–Crippen MR) is 104 cm³/mol. The smallest absolute Gasteiger partial charge is 0.227 e. The molecule has 27 heavy (non-hydrogen) atoms. The van der Waals surface area contributed by atoms with Crippen LogP contribution in [0.15, 0.2) is 18.2 Å². The number of ether oxygens (including phenoxy) is 2. The number of nitrogens with zero attached hydrogens (tertiary/aromatic N) is 1. The molecule has 0 saturated carbocycles. The Labute approximate surface area is 165 Å². The average molecular weight is 396 g/mol. The summed E-state index contributed by atoms with van der Waals surface area (Å²) < 4.78 is 11.1. The molecule has 0 bridgehead atoms. The van der Waals surface area contributed by atoms with Gasteiger partial charge in [-0.15, -0.1) is 12.4 Å². The zero-order valence-electron chi connectivity index (χ0n) is 15.4. The third kappa shape index (κ3) is 4.14. The molecule has 3 unspecified atom stereocenters. The summed E-state index contributed by atoms with van der Waals surface area (Å²) in [6.45, 7) is 5.38. The van der Waals surface area contributed by atoms with Gasteiger partial charge in [0.25, 0.3) is 0 Å². The van der Waals surface area contributed by atoms with Gasteiger partial charge < -0.3 is 25.0 Å². The van der Waals surface area contributed by atoms with Crippen LogP contribution in [0.25, 0.3) is 0 Å². The van der Waals surface area contributed by atoms with E-state index < -0.39 is 0 Å². The van der Waals surface area contributed by atoms with E-state index in [9.17, 15) is 9.59 Å². The summed E-state index contributed by atoms with van der Waals surface area (Å²) in [4.78, 5) is 26.8. The number of benzene rings is 1. The molecule has 3 aliphatic heterocycles. The summed E-state index contributed by atoms with van der Waals surface area (Å²) in [5.74, 6) is 1.42. The maximum absolute atomic E-state index is 12.7. The number of carbonyl (C=O) groups is 2. The van der Waals surface area contributed by atoms with Gasteiger partial charge in [-0.2, -0.15) is 0 Å². The number of rotatable bonds is 3. The highest BCUT2D eigenvalue weighted by molar-refractivity contribution is 6.00. The van der Waals surface area contributed by atoms with Crippen molar-refractivity contribution in [3.63, 3.8) is 0 Å². The van der Waals surface area contributed by atoms with Crippen LogP contribution >= 0.6 is 12.4 Å². The topological polar surface area (TPSA) is 79.9 Å². The van der Waals surface area contributed by atoms with Gasteiger partial charge >= 0.3 is 0 Å². The second-order valence-corrected chi connectivity index (χ2v) is 7.32. The molecule has 3 heterocycles. The van der Waals surface area contributed by atoms with E-state index in [1.165, 1.54) is 0 Å². The van der Waals surface area contributed by atoms with Crippen molar-refractivity contribution in [2.24, 2.45) is 11.8 Å². The van der Waals surface area contributed by atoms with Crippen LogP contribution in [0, 0.1) is 11.8 Å². The van der Waals surface area contributed by atoms with Crippen molar-refractivity contribution in [1.29, 1.82) is 0 Å². The highest BCUT2D eigenvalue weighted by atomic mass is 35.5. The Morgan fingerprint density at radius 3 is 2.81 bits per heavy atom. The Balaban J connectivity index is 0.00000210. The first-order chi connectivity index (χ1) is 12.6. The number of carbonyl (C=O) groups excluding carboxylic acids is 2. The van der Waals surface area contributed by atoms with E-state index in [0.717, 1.165) is 25.2 Å². The number of halogens is 1. The third-order valence-electron chi connectivity index (χ3n) is 5.49. The van der Waals surface area contributed by atoms with E-state index in [0.29, 0.717) is 37.2 Å². The molecule has 148 valence electrons. The summed E-state index contributed by atoms with van der Waals surface area (Å²) in [6.07, 6.45) is 1.30. The fraction of sp³-hybridized carbons (Fsp3) is 0.579. The van der Waals surface area contributed by atoms with Crippen molar-refractivity contribution < 1.29 is 19.1 Å². The average Bonchev–Trinajstić information content (AvgIpc) is 3.05. The van der Waals surface area contributed by atoms with E-state index in [1.807, 2.05) is 18.2 Å². The van der Waals surface area contributed by atoms with Crippen LogP contribution in [-0.2, 0) is 9.59 Å². The number of fused-ring (bicyclic) bond motifs is 1. The predicted octanol–water partition coefficient (Wildman–Crippen LogP) is 1.35. The zero-order valence-corrected chi connectivity index (χ0v) is 16.2. The lowest BCUT2D eigenvalue weighted by molar-refractivity contribution is -0.127. The minimum absolute atomic E-state index is 0. The standard InChI is InChI=1S/C19H25N3O4.ClH/c1-12-4-5-20-10-15(12)21-19(24)13-8-18(23)22(11-13)14-2-3-16-17(9-14)26-7-6-25-16;/h2-3,9,12-13,15,20H,4-8,10-11H2,1H3,(H,21,24);1H. The molecule has 0 radical (unpaired) electrons. The van der Waals surface area contributed by atoms with Crippen LogP contribution in [0.3, 0.4) is 0 Å². The van der Waals surface area contributed by atoms with E-state index in [1.54, 1.807) is 4.90 Å². The van der Waals surface area contributed by atoms with Gasteiger partial charge in [0.15, 0.2) is 11.5 Å². The molecule has 1 aromatic carbocycles. The quantitative estimate of drug-likeness (QED) is 0.807. The van der Waals surface area contributed by atoms with Gasteiger partial charge in [0.2, 0.25) is 11.8 Å². The summed E-state index contributed by atoms with van der Waals surface area (Å²) in [7, 11) is 0. The SMILES string of the molecule is CC1CCNCC1NC(=O)C1CC(=O)N(c2ccc3c(c2)OCCO3)C1.Cl. The van der Waals surface area contributed by atoms with Crippen molar-refractivity contribution in [3.8, 4) is 11.5 Å². The molecule has 2 fully saturated rings. The minimum Gasteiger partial charge on any atom is -0.486 e. The first-order valence-electron chi connectivity index (χ1n) is 9.33. The van der Waals surface area contributed by atoms with Crippen molar-refractivity contribution >= 4 is 29.9 Å². The zero-order chi connectivity index (χ0) is 18.1. The highest BCUT2D eigenvalue weighted by Gasteiger charge is 2.37. The maximum Gasteiger partial charge on any atom is 0.227 e. The maximum atomic E-state index is 12.7. The molecule has 7 nitrogen and oxygen atoms in total. The fourth-order valence-corrected chi connectivity index (χ4v) is 3.82. The van der Waals surface area contributed by atoms with Crippen LogP contribution in [0.4, 0.5) is 5.69 Å². The first kappa shape index (κ1) is 19.8. The Hall–Kier alpha value is -1.99. The van der Waals surface area contributed by atoms with Gasteiger partial charge in [-0.05, 0) is 31.0 Å². The monoisotopic (exact) mass is 395 g/mol. The number of hydrogen-bond acceptors (Lipinski definition) is 5. The molecule has 3 atom stereocenters. The Kier molecular flexibility index (Phi) is 6.11. The number of piperidine rings is 1. The molecule has 2 N–H and O–H groups in total.